The minimum atomic E-state index is -0.371. The average molecular weight is 270 g/mol. The Bertz CT molecular complexity index is 458. The summed E-state index contributed by atoms with van der Waals surface area (Å²) in [5.74, 6) is 0.0457. The first-order valence-corrected chi connectivity index (χ1v) is 6.46. The molecule has 0 heterocycles. The first-order valence-electron chi connectivity index (χ1n) is 5.92. The van der Waals surface area contributed by atoms with Gasteiger partial charge in [0.2, 0.25) is 0 Å². The van der Waals surface area contributed by atoms with E-state index in [0.717, 1.165) is 19.3 Å². The van der Waals surface area contributed by atoms with Crippen LogP contribution in [0, 0.1) is 5.41 Å². The van der Waals surface area contributed by atoms with Gasteiger partial charge in [0, 0.05) is 12.4 Å². The second-order valence-corrected chi connectivity index (χ2v) is 5.20. The van der Waals surface area contributed by atoms with Gasteiger partial charge in [-0.25, -0.2) is 0 Å². The lowest BCUT2D eigenvalue weighted by molar-refractivity contribution is 0.0941. The molecule has 0 spiro atoms. The van der Waals surface area contributed by atoms with E-state index in [1.807, 2.05) is 0 Å². The number of rotatable bonds is 5. The van der Waals surface area contributed by atoms with Crippen LogP contribution in [0.4, 0.5) is 0 Å². The second-order valence-electron chi connectivity index (χ2n) is 4.82. The van der Waals surface area contributed by atoms with Crippen LogP contribution in [0.25, 0.3) is 0 Å². The van der Waals surface area contributed by atoms with Crippen LogP contribution in [-0.2, 0) is 0 Å². The Kier molecular flexibility index (Phi) is 3.66. The normalized spacial score (nSPS) is 16.3. The Morgan fingerprint density at radius 2 is 2.11 bits per heavy atom. The molecule has 0 aromatic heterocycles. The van der Waals surface area contributed by atoms with Crippen LogP contribution >= 0.6 is 11.6 Å². The van der Waals surface area contributed by atoms with E-state index in [1.165, 1.54) is 18.2 Å². The van der Waals surface area contributed by atoms with Gasteiger partial charge in [0.25, 0.3) is 5.91 Å². The van der Waals surface area contributed by atoms with Crippen molar-refractivity contribution in [2.24, 2.45) is 5.41 Å². The van der Waals surface area contributed by atoms with Crippen molar-refractivity contribution in [3.05, 3.63) is 23.8 Å². The van der Waals surface area contributed by atoms with Crippen LogP contribution < -0.4 is 5.32 Å². The van der Waals surface area contributed by atoms with E-state index in [0.29, 0.717) is 12.4 Å². The van der Waals surface area contributed by atoms with Gasteiger partial charge in [-0.15, -0.1) is 11.6 Å². The van der Waals surface area contributed by atoms with E-state index < -0.39 is 0 Å². The van der Waals surface area contributed by atoms with Gasteiger partial charge in [-0.05, 0) is 42.9 Å². The highest BCUT2D eigenvalue weighted by atomic mass is 35.5. The Morgan fingerprint density at radius 1 is 1.39 bits per heavy atom. The molecule has 0 bridgehead atoms. The number of amides is 1. The van der Waals surface area contributed by atoms with Crippen molar-refractivity contribution in [3.63, 3.8) is 0 Å². The maximum atomic E-state index is 11.9. The molecule has 1 aliphatic rings. The number of halogens is 1. The van der Waals surface area contributed by atoms with E-state index in [2.05, 4.69) is 5.32 Å². The molecule has 1 amide bonds. The van der Waals surface area contributed by atoms with Crippen LogP contribution in [0.5, 0.6) is 11.5 Å². The van der Waals surface area contributed by atoms with Crippen molar-refractivity contribution < 1.29 is 15.0 Å². The van der Waals surface area contributed by atoms with Gasteiger partial charge in [0.15, 0.2) is 0 Å². The molecule has 18 heavy (non-hydrogen) atoms. The lowest BCUT2D eigenvalue weighted by Crippen LogP contribution is -2.30. The van der Waals surface area contributed by atoms with Gasteiger partial charge in [-0.3, -0.25) is 4.79 Å². The zero-order valence-electron chi connectivity index (χ0n) is 9.95. The summed E-state index contributed by atoms with van der Waals surface area (Å²) in [4.78, 5) is 11.9. The monoisotopic (exact) mass is 269 g/mol. The summed E-state index contributed by atoms with van der Waals surface area (Å²) in [5.41, 5.74) is 0.237. The molecule has 5 heteroatoms. The average Bonchev–Trinajstić information content (AvgIpc) is 3.10. The number of aromatic hydroxyl groups is 2. The molecule has 0 radical (unpaired) electrons. The Hall–Kier alpha value is -1.42. The maximum Gasteiger partial charge on any atom is 0.255 e. The van der Waals surface area contributed by atoms with Gasteiger partial charge in [-0.1, -0.05) is 0 Å². The van der Waals surface area contributed by atoms with Crippen LogP contribution in [0.1, 0.15) is 29.6 Å². The van der Waals surface area contributed by atoms with Crippen LogP contribution in [0.3, 0.4) is 0 Å². The predicted octanol–water partition coefficient (Wildman–Crippen LogP) is 2.24. The largest absolute Gasteiger partial charge is 0.508 e. The number of carbonyl (C=O) groups excluding carboxylic acids is 1. The zero-order valence-corrected chi connectivity index (χ0v) is 10.7. The summed E-state index contributed by atoms with van der Waals surface area (Å²) < 4.78 is 0. The van der Waals surface area contributed by atoms with Crippen LogP contribution in [0.2, 0.25) is 0 Å². The van der Waals surface area contributed by atoms with Crippen molar-refractivity contribution in [1.29, 1.82) is 0 Å². The first kappa shape index (κ1) is 13.0. The van der Waals surface area contributed by atoms with Gasteiger partial charge < -0.3 is 15.5 Å². The van der Waals surface area contributed by atoms with Crippen molar-refractivity contribution in [2.45, 2.75) is 19.3 Å². The third-order valence-electron chi connectivity index (χ3n) is 3.43. The molecule has 1 aromatic carbocycles. The highest BCUT2D eigenvalue weighted by molar-refractivity contribution is 6.17. The highest BCUT2D eigenvalue weighted by Gasteiger charge is 2.41. The maximum absolute atomic E-state index is 11.9. The lowest BCUT2D eigenvalue weighted by atomic mass is 10.0. The van der Waals surface area contributed by atoms with Crippen LogP contribution in [0.15, 0.2) is 18.2 Å². The second kappa shape index (κ2) is 5.06. The number of phenolic OH excluding ortho intramolecular Hbond substituents is 2. The van der Waals surface area contributed by atoms with Crippen molar-refractivity contribution in [1.82, 2.24) is 5.32 Å². The number of alkyl halides is 1. The fraction of sp³-hybridized carbons (Fsp3) is 0.462. The number of nitrogens with one attached hydrogen (secondary N) is 1. The van der Waals surface area contributed by atoms with E-state index in [9.17, 15) is 15.0 Å². The molecule has 1 saturated carbocycles. The lowest BCUT2D eigenvalue weighted by Gasteiger charge is -2.14. The van der Waals surface area contributed by atoms with Gasteiger partial charge >= 0.3 is 0 Å². The molecule has 3 N–H and O–H groups in total. The van der Waals surface area contributed by atoms with E-state index in [1.54, 1.807) is 0 Å². The van der Waals surface area contributed by atoms with Gasteiger partial charge in [0.1, 0.15) is 11.5 Å². The highest BCUT2D eigenvalue weighted by Crippen LogP contribution is 2.48. The smallest absolute Gasteiger partial charge is 0.255 e. The number of hydrogen-bond donors (Lipinski definition) is 3. The first-order chi connectivity index (χ1) is 8.56. The molecular formula is C13H16ClNO3. The van der Waals surface area contributed by atoms with E-state index >= 15 is 0 Å². The third kappa shape index (κ3) is 2.88. The van der Waals surface area contributed by atoms with Crippen molar-refractivity contribution >= 4 is 17.5 Å². The van der Waals surface area contributed by atoms with Crippen LogP contribution in [-0.4, -0.2) is 28.5 Å². The number of hydrogen-bond acceptors (Lipinski definition) is 3. The summed E-state index contributed by atoms with van der Waals surface area (Å²) in [7, 11) is 0. The molecule has 0 saturated heterocycles. The quantitative estimate of drug-likeness (QED) is 0.567. The Labute approximate surface area is 111 Å². The standard InChI is InChI=1S/C13H16ClNO3/c14-6-5-13(3-4-13)8-15-12(18)10-7-9(16)1-2-11(10)17/h1-2,7,16-17H,3-6,8H2,(H,15,18). The fourth-order valence-corrected chi connectivity index (χ4v) is 2.36. The topological polar surface area (TPSA) is 69.6 Å². The molecule has 0 unspecified atom stereocenters. The predicted molar refractivity (Wildman–Crippen MR) is 69.1 cm³/mol. The molecule has 0 atom stereocenters. The van der Waals surface area contributed by atoms with E-state index in [4.69, 9.17) is 11.6 Å². The molecule has 1 aromatic rings. The number of carbonyl (C=O) groups is 1. The molecule has 2 rings (SSSR count). The Morgan fingerprint density at radius 3 is 2.72 bits per heavy atom. The summed E-state index contributed by atoms with van der Waals surface area (Å²) in [5, 5.41) is 21.6. The summed E-state index contributed by atoms with van der Waals surface area (Å²) in [6.07, 6.45) is 3.04. The SMILES string of the molecule is O=C(NCC1(CCCl)CC1)c1cc(O)ccc1O. The molecule has 98 valence electrons. The van der Waals surface area contributed by atoms with E-state index in [-0.39, 0.29) is 28.4 Å². The number of benzene rings is 1. The van der Waals surface area contributed by atoms with Crippen molar-refractivity contribution in [3.8, 4) is 11.5 Å². The zero-order chi connectivity index (χ0) is 13.2. The molecule has 0 aliphatic heterocycles. The minimum Gasteiger partial charge on any atom is -0.508 e. The molecule has 1 fully saturated rings. The summed E-state index contributed by atoms with van der Waals surface area (Å²) in [6.45, 7) is 0.563. The Balaban J connectivity index is 1.98. The summed E-state index contributed by atoms with van der Waals surface area (Å²) >= 11 is 5.72. The van der Waals surface area contributed by atoms with Gasteiger partial charge in [0.05, 0.1) is 5.56 Å². The number of phenols is 2. The molecule has 4 nitrogen and oxygen atoms in total. The van der Waals surface area contributed by atoms with Gasteiger partial charge in [-0.2, -0.15) is 0 Å². The summed E-state index contributed by atoms with van der Waals surface area (Å²) in [6, 6.07) is 3.89. The molecular weight excluding hydrogens is 254 g/mol. The minimum absolute atomic E-state index is 0.0418. The van der Waals surface area contributed by atoms with Crippen molar-refractivity contribution in [2.75, 3.05) is 12.4 Å². The fourth-order valence-electron chi connectivity index (χ4n) is 1.96. The molecule has 1 aliphatic carbocycles. The third-order valence-corrected chi connectivity index (χ3v) is 3.62.